The van der Waals surface area contributed by atoms with Gasteiger partial charge in [0.15, 0.2) is 0 Å². The number of hydrogen-bond acceptors (Lipinski definition) is 5. The van der Waals surface area contributed by atoms with Crippen molar-refractivity contribution < 1.29 is 4.92 Å². The Balaban J connectivity index is 2.28. The molecule has 2 aromatic carbocycles. The predicted molar refractivity (Wildman–Crippen MR) is 98.6 cm³/mol. The molecule has 25 heavy (non-hydrogen) atoms. The van der Waals surface area contributed by atoms with Gasteiger partial charge in [-0.3, -0.25) is 10.1 Å². The molecule has 0 atom stereocenters. The molecule has 0 bridgehead atoms. The van der Waals surface area contributed by atoms with Crippen LogP contribution in [0, 0.1) is 21.4 Å². The van der Waals surface area contributed by atoms with E-state index in [4.69, 9.17) is 5.73 Å². The summed E-state index contributed by atoms with van der Waals surface area (Å²) < 4.78 is 0.914. The summed E-state index contributed by atoms with van der Waals surface area (Å²) in [5.74, 6) is 0.0380. The first kappa shape index (κ1) is 16.6. The summed E-state index contributed by atoms with van der Waals surface area (Å²) in [6.07, 6.45) is 0. The lowest BCUT2D eigenvalue weighted by Gasteiger charge is -2.10. The van der Waals surface area contributed by atoms with Crippen LogP contribution in [0.5, 0.6) is 0 Å². The van der Waals surface area contributed by atoms with Crippen LogP contribution in [0.2, 0.25) is 0 Å². The SMILES string of the molecule is N#Cc1c(-c2ccccc2[N+](=O)[O-])cc(-c2ccc(Br)cc2)nc1N. The summed E-state index contributed by atoms with van der Waals surface area (Å²) in [4.78, 5) is 15.1. The van der Waals surface area contributed by atoms with Gasteiger partial charge in [-0.15, -0.1) is 0 Å². The quantitative estimate of drug-likeness (QED) is 0.518. The summed E-state index contributed by atoms with van der Waals surface area (Å²) in [5.41, 5.74) is 8.03. The molecule has 0 saturated carbocycles. The van der Waals surface area contributed by atoms with Crippen LogP contribution in [-0.2, 0) is 0 Å². The van der Waals surface area contributed by atoms with Gasteiger partial charge in [-0.2, -0.15) is 5.26 Å². The lowest BCUT2D eigenvalue weighted by atomic mass is 9.97. The van der Waals surface area contributed by atoms with Crippen molar-refractivity contribution in [3.8, 4) is 28.5 Å². The number of aromatic nitrogens is 1. The third kappa shape index (κ3) is 3.20. The number of para-hydroxylation sites is 1. The largest absolute Gasteiger partial charge is 0.383 e. The van der Waals surface area contributed by atoms with Gasteiger partial charge in [-0.25, -0.2) is 4.98 Å². The smallest absolute Gasteiger partial charge is 0.277 e. The van der Waals surface area contributed by atoms with Crippen LogP contribution in [0.1, 0.15) is 5.56 Å². The lowest BCUT2D eigenvalue weighted by molar-refractivity contribution is -0.384. The van der Waals surface area contributed by atoms with E-state index in [1.807, 2.05) is 30.3 Å². The third-order valence-corrected chi connectivity index (χ3v) is 4.22. The molecule has 0 aliphatic heterocycles. The maximum atomic E-state index is 11.3. The molecular weight excluding hydrogens is 384 g/mol. The van der Waals surface area contributed by atoms with Gasteiger partial charge in [-0.1, -0.05) is 40.2 Å². The average molecular weight is 395 g/mol. The fourth-order valence-corrected chi connectivity index (χ4v) is 2.79. The van der Waals surface area contributed by atoms with E-state index >= 15 is 0 Å². The molecule has 3 rings (SSSR count). The van der Waals surface area contributed by atoms with Crippen LogP contribution >= 0.6 is 15.9 Å². The monoisotopic (exact) mass is 394 g/mol. The molecular formula is C18H11BrN4O2. The number of benzene rings is 2. The summed E-state index contributed by atoms with van der Waals surface area (Å²) >= 11 is 3.37. The van der Waals surface area contributed by atoms with Crippen LogP contribution in [0.15, 0.2) is 59.1 Å². The second kappa shape index (κ2) is 6.71. The lowest BCUT2D eigenvalue weighted by Crippen LogP contribution is -2.01. The number of halogens is 1. The van der Waals surface area contributed by atoms with Gasteiger partial charge >= 0.3 is 0 Å². The number of nitrogen functional groups attached to an aromatic ring is 1. The summed E-state index contributed by atoms with van der Waals surface area (Å²) in [5, 5.41) is 20.8. The maximum Gasteiger partial charge on any atom is 0.277 e. The zero-order valence-corrected chi connectivity index (χ0v) is 14.4. The minimum absolute atomic E-state index is 0.0380. The highest BCUT2D eigenvalue weighted by Crippen LogP contribution is 2.36. The molecule has 0 aliphatic rings. The van der Waals surface area contributed by atoms with Gasteiger partial charge in [0.1, 0.15) is 17.5 Å². The van der Waals surface area contributed by atoms with Crippen LogP contribution in [0.4, 0.5) is 11.5 Å². The van der Waals surface area contributed by atoms with Crippen LogP contribution in [0.3, 0.4) is 0 Å². The molecule has 6 nitrogen and oxygen atoms in total. The molecule has 0 unspecified atom stereocenters. The molecule has 0 radical (unpaired) electrons. The minimum Gasteiger partial charge on any atom is -0.383 e. The van der Waals surface area contributed by atoms with Crippen LogP contribution < -0.4 is 5.73 Å². The Morgan fingerprint density at radius 2 is 1.80 bits per heavy atom. The van der Waals surface area contributed by atoms with E-state index in [1.165, 1.54) is 6.07 Å². The van der Waals surface area contributed by atoms with Crippen LogP contribution in [-0.4, -0.2) is 9.91 Å². The predicted octanol–water partition coefficient (Wildman–Crippen LogP) is 4.54. The molecule has 7 heteroatoms. The Morgan fingerprint density at radius 1 is 1.12 bits per heavy atom. The van der Waals surface area contributed by atoms with Crippen molar-refractivity contribution >= 4 is 27.4 Å². The molecule has 2 N–H and O–H groups in total. The van der Waals surface area contributed by atoms with Crippen molar-refractivity contribution in [3.63, 3.8) is 0 Å². The summed E-state index contributed by atoms with van der Waals surface area (Å²) in [7, 11) is 0. The van der Waals surface area contributed by atoms with Crippen molar-refractivity contribution in [1.29, 1.82) is 5.26 Å². The molecule has 1 aromatic heterocycles. The van der Waals surface area contributed by atoms with E-state index in [0.29, 0.717) is 16.8 Å². The highest BCUT2D eigenvalue weighted by atomic mass is 79.9. The number of nitro benzene ring substituents is 1. The summed E-state index contributed by atoms with van der Waals surface area (Å²) in [6.45, 7) is 0. The topological polar surface area (TPSA) is 106 Å². The van der Waals surface area contributed by atoms with Gasteiger partial charge in [0.2, 0.25) is 0 Å². The van der Waals surface area contributed by atoms with Gasteiger partial charge in [-0.05, 0) is 24.3 Å². The second-order valence-corrected chi connectivity index (χ2v) is 6.12. The molecule has 0 spiro atoms. The number of rotatable bonds is 3. The van der Waals surface area contributed by atoms with Gasteiger partial charge < -0.3 is 5.73 Å². The number of hydrogen-bond donors (Lipinski definition) is 1. The number of anilines is 1. The summed E-state index contributed by atoms with van der Waals surface area (Å²) in [6, 6.07) is 17.3. The van der Waals surface area contributed by atoms with E-state index in [2.05, 4.69) is 20.9 Å². The molecule has 122 valence electrons. The highest BCUT2D eigenvalue weighted by Gasteiger charge is 2.20. The van der Waals surface area contributed by atoms with Gasteiger partial charge in [0.05, 0.1) is 16.2 Å². The Bertz CT molecular complexity index is 1010. The van der Waals surface area contributed by atoms with E-state index in [1.54, 1.807) is 24.3 Å². The number of pyridine rings is 1. The Morgan fingerprint density at radius 3 is 2.44 bits per heavy atom. The van der Waals surface area contributed by atoms with Crippen LogP contribution in [0.25, 0.3) is 22.4 Å². The van der Waals surface area contributed by atoms with Gasteiger partial charge in [0, 0.05) is 21.7 Å². The number of nitrogens with zero attached hydrogens (tertiary/aromatic N) is 3. The van der Waals surface area contributed by atoms with E-state index in [9.17, 15) is 15.4 Å². The van der Waals surface area contributed by atoms with Crippen molar-refractivity contribution in [2.75, 3.05) is 5.73 Å². The van der Waals surface area contributed by atoms with E-state index < -0.39 is 4.92 Å². The number of nitriles is 1. The Kier molecular flexibility index (Phi) is 4.46. The molecule has 0 amide bonds. The highest BCUT2D eigenvalue weighted by molar-refractivity contribution is 9.10. The first-order valence-corrected chi connectivity index (χ1v) is 8.01. The molecule has 0 fully saturated rings. The van der Waals surface area contributed by atoms with Crippen molar-refractivity contribution in [2.45, 2.75) is 0 Å². The van der Waals surface area contributed by atoms with Crippen molar-refractivity contribution in [1.82, 2.24) is 4.98 Å². The fourth-order valence-electron chi connectivity index (χ4n) is 2.52. The minimum atomic E-state index is -0.480. The first-order valence-electron chi connectivity index (χ1n) is 7.21. The first-order chi connectivity index (χ1) is 12.0. The number of nitro groups is 1. The Labute approximate surface area is 151 Å². The zero-order valence-electron chi connectivity index (χ0n) is 12.8. The standard InChI is InChI=1S/C18H11BrN4O2/c19-12-7-5-11(6-8-12)16-9-14(15(10-20)18(21)22-16)13-3-1-2-4-17(13)23(24)25/h1-9H,(H2,21,22). The van der Waals surface area contributed by atoms with E-state index in [-0.39, 0.29) is 17.1 Å². The average Bonchev–Trinajstić information content (AvgIpc) is 2.61. The zero-order chi connectivity index (χ0) is 18.0. The fraction of sp³-hybridized carbons (Fsp3) is 0. The number of nitrogens with two attached hydrogens (primary N) is 1. The van der Waals surface area contributed by atoms with Gasteiger partial charge in [0.25, 0.3) is 5.69 Å². The maximum absolute atomic E-state index is 11.3. The van der Waals surface area contributed by atoms with Crippen molar-refractivity contribution in [3.05, 3.63) is 74.7 Å². The second-order valence-electron chi connectivity index (χ2n) is 5.21. The molecule has 0 saturated heterocycles. The normalized spacial score (nSPS) is 10.2. The van der Waals surface area contributed by atoms with E-state index in [0.717, 1.165) is 10.0 Å². The van der Waals surface area contributed by atoms with Crippen molar-refractivity contribution in [2.24, 2.45) is 0 Å². The molecule has 0 aliphatic carbocycles. The molecule has 3 aromatic rings. The Hall–Kier alpha value is -3.24. The molecule has 1 heterocycles. The third-order valence-electron chi connectivity index (χ3n) is 3.69.